The first kappa shape index (κ1) is 14.4. The van der Waals surface area contributed by atoms with Gasteiger partial charge in [0, 0.05) is 0 Å². The first-order valence-corrected chi connectivity index (χ1v) is 4.70. The summed E-state index contributed by atoms with van der Waals surface area (Å²) in [6, 6.07) is 6.94. The molecule has 0 heterocycles. The zero-order valence-corrected chi connectivity index (χ0v) is 9.06. The van der Waals surface area contributed by atoms with Crippen LogP contribution in [0.15, 0.2) is 41.7 Å². The van der Waals surface area contributed by atoms with E-state index in [9.17, 15) is 26.3 Å². The van der Waals surface area contributed by atoms with E-state index in [0.717, 1.165) is 0 Å². The monoisotopic (exact) mass is 270 g/mol. The number of ether oxygens (including phenoxy) is 1. The Hall–Kier alpha value is -1.66. The summed E-state index contributed by atoms with van der Waals surface area (Å²) in [7, 11) is 0. The van der Waals surface area contributed by atoms with Gasteiger partial charge in [-0.05, 0) is 19.1 Å². The first-order valence-electron chi connectivity index (χ1n) is 4.70. The Morgan fingerprint density at radius 3 is 1.72 bits per heavy atom. The highest BCUT2D eigenvalue weighted by atomic mass is 19.4. The summed E-state index contributed by atoms with van der Waals surface area (Å²) in [5.41, 5.74) is -2.64. The minimum Gasteiger partial charge on any atom is -0.461 e. The standard InChI is InChI=1S/C11H8F6O/c1-7(18-8-5-3-2-4-6-8)9(10(12,13)14)11(15,16)17/h2-6H,1H3. The van der Waals surface area contributed by atoms with E-state index in [-0.39, 0.29) is 5.75 Å². The fourth-order valence-corrected chi connectivity index (χ4v) is 1.28. The van der Waals surface area contributed by atoms with E-state index < -0.39 is 23.7 Å². The van der Waals surface area contributed by atoms with Gasteiger partial charge in [-0.3, -0.25) is 0 Å². The molecule has 0 bridgehead atoms. The maximum Gasteiger partial charge on any atom is 0.424 e. The van der Waals surface area contributed by atoms with Gasteiger partial charge in [-0.25, -0.2) is 0 Å². The number of alkyl halides is 6. The van der Waals surface area contributed by atoms with E-state index >= 15 is 0 Å². The highest BCUT2D eigenvalue weighted by molar-refractivity contribution is 5.27. The van der Waals surface area contributed by atoms with E-state index in [1.54, 1.807) is 6.07 Å². The van der Waals surface area contributed by atoms with E-state index in [4.69, 9.17) is 0 Å². The van der Waals surface area contributed by atoms with Crippen molar-refractivity contribution in [2.75, 3.05) is 0 Å². The number of hydrogen-bond acceptors (Lipinski definition) is 1. The van der Waals surface area contributed by atoms with Crippen LogP contribution in [0, 0.1) is 0 Å². The topological polar surface area (TPSA) is 9.23 Å². The predicted octanol–water partition coefficient (Wildman–Crippen LogP) is 4.46. The van der Waals surface area contributed by atoms with Crippen molar-refractivity contribution < 1.29 is 31.1 Å². The third kappa shape index (κ3) is 3.68. The summed E-state index contributed by atoms with van der Waals surface area (Å²) in [5.74, 6) is -1.33. The van der Waals surface area contributed by atoms with Crippen molar-refractivity contribution in [2.45, 2.75) is 19.3 Å². The minimum absolute atomic E-state index is 0.0963. The molecule has 0 aromatic heterocycles. The molecule has 1 aromatic carbocycles. The summed E-state index contributed by atoms with van der Waals surface area (Å²) >= 11 is 0. The van der Waals surface area contributed by atoms with Gasteiger partial charge in [0.15, 0.2) is 5.57 Å². The molecular formula is C11H8F6O. The third-order valence-corrected chi connectivity index (χ3v) is 1.93. The van der Waals surface area contributed by atoms with Crippen LogP contribution in [0.3, 0.4) is 0 Å². The average Bonchev–Trinajstić information content (AvgIpc) is 2.13. The summed E-state index contributed by atoms with van der Waals surface area (Å²) in [5, 5.41) is 0. The fraction of sp³-hybridized carbons (Fsp3) is 0.273. The van der Waals surface area contributed by atoms with E-state index in [1.165, 1.54) is 24.3 Å². The molecule has 0 atom stereocenters. The van der Waals surface area contributed by atoms with E-state index in [0.29, 0.717) is 6.92 Å². The molecule has 1 rings (SSSR count). The number of benzene rings is 1. The molecule has 1 aromatic rings. The van der Waals surface area contributed by atoms with Crippen LogP contribution in [0.2, 0.25) is 0 Å². The molecule has 0 aliphatic heterocycles. The van der Waals surface area contributed by atoms with Crippen molar-refractivity contribution in [2.24, 2.45) is 0 Å². The summed E-state index contributed by atoms with van der Waals surface area (Å²) in [4.78, 5) is 0. The highest BCUT2D eigenvalue weighted by Crippen LogP contribution is 2.40. The maximum atomic E-state index is 12.3. The second kappa shape index (κ2) is 4.91. The van der Waals surface area contributed by atoms with Gasteiger partial charge in [0.25, 0.3) is 0 Å². The zero-order valence-electron chi connectivity index (χ0n) is 9.06. The lowest BCUT2D eigenvalue weighted by molar-refractivity contribution is -0.175. The molecule has 0 N–H and O–H groups in total. The first-order chi connectivity index (χ1) is 8.12. The quantitative estimate of drug-likeness (QED) is 0.569. The van der Waals surface area contributed by atoms with Crippen LogP contribution in [0.25, 0.3) is 0 Å². The van der Waals surface area contributed by atoms with Crippen LogP contribution >= 0.6 is 0 Å². The van der Waals surface area contributed by atoms with E-state index in [2.05, 4.69) is 4.74 Å². The van der Waals surface area contributed by atoms with Gasteiger partial charge in [-0.1, -0.05) is 18.2 Å². The smallest absolute Gasteiger partial charge is 0.424 e. The number of rotatable bonds is 2. The Balaban J connectivity index is 3.14. The summed E-state index contributed by atoms with van der Waals surface area (Å²) in [6.45, 7) is 0.628. The Labute approximate surface area is 98.7 Å². The van der Waals surface area contributed by atoms with Crippen LogP contribution in [-0.4, -0.2) is 12.4 Å². The van der Waals surface area contributed by atoms with Crippen LogP contribution in [0.5, 0.6) is 5.75 Å². The second-order valence-electron chi connectivity index (χ2n) is 3.34. The van der Waals surface area contributed by atoms with Crippen LogP contribution in [0.4, 0.5) is 26.3 Å². The molecule has 100 valence electrons. The van der Waals surface area contributed by atoms with Crippen molar-refractivity contribution in [1.82, 2.24) is 0 Å². The summed E-state index contributed by atoms with van der Waals surface area (Å²) in [6.07, 6.45) is -11.0. The lowest BCUT2D eigenvalue weighted by Crippen LogP contribution is -2.28. The molecule has 0 radical (unpaired) electrons. The fourth-order valence-electron chi connectivity index (χ4n) is 1.28. The third-order valence-electron chi connectivity index (χ3n) is 1.93. The Kier molecular flexibility index (Phi) is 3.93. The minimum atomic E-state index is -5.52. The number of hydrogen-bond donors (Lipinski definition) is 0. The molecule has 0 spiro atoms. The molecular weight excluding hydrogens is 262 g/mol. The lowest BCUT2D eigenvalue weighted by Gasteiger charge is -2.18. The molecule has 0 aliphatic carbocycles. The van der Waals surface area contributed by atoms with Crippen molar-refractivity contribution in [3.63, 3.8) is 0 Å². The summed E-state index contributed by atoms with van der Waals surface area (Å²) < 4.78 is 78.4. The van der Waals surface area contributed by atoms with E-state index in [1.807, 2.05) is 0 Å². The molecule has 18 heavy (non-hydrogen) atoms. The second-order valence-corrected chi connectivity index (χ2v) is 3.34. The highest BCUT2D eigenvalue weighted by Gasteiger charge is 2.53. The van der Waals surface area contributed by atoms with Gasteiger partial charge < -0.3 is 4.74 Å². The van der Waals surface area contributed by atoms with Crippen molar-refractivity contribution in [3.8, 4) is 5.75 Å². The van der Waals surface area contributed by atoms with Gasteiger partial charge in [-0.2, -0.15) is 26.3 Å². The van der Waals surface area contributed by atoms with Gasteiger partial charge >= 0.3 is 12.4 Å². The number of para-hydroxylation sites is 1. The maximum absolute atomic E-state index is 12.3. The van der Waals surface area contributed by atoms with Gasteiger partial charge in [-0.15, -0.1) is 0 Å². The molecule has 7 heteroatoms. The number of allylic oxidation sites excluding steroid dienone is 2. The zero-order chi connectivity index (χ0) is 14.0. The Morgan fingerprint density at radius 2 is 1.33 bits per heavy atom. The molecule has 0 amide bonds. The lowest BCUT2D eigenvalue weighted by atomic mass is 10.2. The van der Waals surface area contributed by atoms with Crippen molar-refractivity contribution >= 4 is 0 Å². The number of halogens is 6. The largest absolute Gasteiger partial charge is 0.461 e. The molecule has 0 saturated heterocycles. The van der Waals surface area contributed by atoms with Crippen LogP contribution < -0.4 is 4.74 Å². The average molecular weight is 270 g/mol. The van der Waals surface area contributed by atoms with Crippen molar-refractivity contribution in [1.29, 1.82) is 0 Å². The Bertz CT molecular complexity index is 413. The molecule has 0 unspecified atom stereocenters. The predicted molar refractivity (Wildman–Crippen MR) is 51.9 cm³/mol. The van der Waals surface area contributed by atoms with Gasteiger partial charge in [0.05, 0.1) is 0 Å². The Morgan fingerprint density at radius 1 is 0.889 bits per heavy atom. The van der Waals surface area contributed by atoms with Crippen LogP contribution in [0.1, 0.15) is 6.92 Å². The molecule has 1 nitrogen and oxygen atoms in total. The van der Waals surface area contributed by atoms with Gasteiger partial charge in [0.2, 0.25) is 0 Å². The normalized spacial score (nSPS) is 12.2. The van der Waals surface area contributed by atoms with Crippen LogP contribution in [-0.2, 0) is 0 Å². The SMILES string of the molecule is CC(Oc1ccccc1)=C(C(F)(F)F)C(F)(F)F. The molecule has 0 fully saturated rings. The van der Waals surface area contributed by atoms with Gasteiger partial charge in [0.1, 0.15) is 11.5 Å². The molecule has 0 aliphatic rings. The molecule has 0 saturated carbocycles. The van der Waals surface area contributed by atoms with Crippen molar-refractivity contribution in [3.05, 3.63) is 41.7 Å².